The van der Waals surface area contributed by atoms with Gasteiger partial charge in [0.25, 0.3) is 0 Å². The highest BCUT2D eigenvalue weighted by molar-refractivity contribution is 5.08. The van der Waals surface area contributed by atoms with Crippen LogP contribution in [-0.2, 0) is 11.3 Å². The van der Waals surface area contributed by atoms with Crippen molar-refractivity contribution in [3.05, 3.63) is 6.33 Å². The third-order valence-corrected chi connectivity index (χ3v) is 9.82. The van der Waals surface area contributed by atoms with Gasteiger partial charge in [-0.05, 0) is 109 Å². The summed E-state index contributed by atoms with van der Waals surface area (Å²) in [6.07, 6.45) is 11.6. The summed E-state index contributed by atoms with van der Waals surface area (Å²) in [5, 5.41) is 33.4. The van der Waals surface area contributed by atoms with Crippen molar-refractivity contribution in [2.24, 2.45) is 40.9 Å². The Kier molecular flexibility index (Phi) is 5.43. The Hall–Kier alpha value is -1.05. The fourth-order valence-electron chi connectivity index (χ4n) is 8.62. The highest BCUT2D eigenvalue weighted by Gasteiger charge is 2.58. The molecule has 0 spiro atoms. The van der Waals surface area contributed by atoms with Crippen LogP contribution < -0.4 is 0 Å². The monoisotopic (exact) mass is 418 g/mol. The SMILES string of the molecule is COC[C@@]1(O)CC[C@H]2[C@@H](CC[C@@H]3[C@@H]2CC[C@]2(C)[C@@H](C(O)Cn4cnnn4)CC[C@@H]32)C1. The summed E-state index contributed by atoms with van der Waals surface area (Å²) in [6.45, 7) is 3.43. The second kappa shape index (κ2) is 7.82. The Labute approximate surface area is 179 Å². The first-order chi connectivity index (χ1) is 14.4. The van der Waals surface area contributed by atoms with Gasteiger partial charge >= 0.3 is 0 Å². The second-order valence-corrected chi connectivity index (χ2v) is 11.2. The van der Waals surface area contributed by atoms with Gasteiger partial charge in [-0.3, -0.25) is 0 Å². The average Bonchev–Trinajstić information content (AvgIpc) is 3.34. The van der Waals surface area contributed by atoms with Crippen LogP contribution in [0.1, 0.15) is 64.7 Å². The normalized spacial score (nSPS) is 46.7. The van der Waals surface area contributed by atoms with Crippen LogP contribution in [-0.4, -0.2) is 55.8 Å². The zero-order chi connectivity index (χ0) is 20.9. The molecule has 30 heavy (non-hydrogen) atoms. The Morgan fingerprint density at radius 2 is 1.93 bits per heavy atom. The van der Waals surface area contributed by atoms with Crippen LogP contribution >= 0.6 is 0 Å². The van der Waals surface area contributed by atoms with Crippen LogP contribution in [0.4, 0.5) is 0 Å². The Morgan fingerprint density at radius 3 is 2.70 bits per heavy atom. The quantitative estimate of drug-likeness (QED) is 0.764. The lowest BCUT2D eigenvalue weighted by Crippen LogP contribution is -2.52. The highest BCUT2D eigenvalue weighted by Crippen LogP contribution is 2.65. The second-order valence-electron chi connectivity index (χ2n) is 11.2. The summed E-state index contributed by atoms with van der Waals surface area (Å²) >= 11 is 0. The molecule has 5 rings (SSSR count). The van der Waals surface area contributed by atoms with Crippen molar-refractivity contribution in [3.8, 4) is 0 Å². The van der Waals surface area contributed by atoms with Gasteiger partial charge < -0.3 is 14.9 Å². The summed E-state index contributed by atoms with van der Waals surface area (Å²) in [5.41, 5.74) is -0.377. The van der Waals surface area contributed by atoms with Gasteiger partial charge in [0.15, 0.2) is 0 Å². The van der Waals surface area contributed by atoms with E-state index in [-0.39, 0.29) is 11.5 Å². The summed E-state index contributed by atoms with van der Waals surface area (Å²) < 4.78 is 6.99. The number of nitrogens with zero attached hydrogens (tertiary/aromatic N) is 4. The molecule has 4 saturated carbocycles. The number of ether oxygens (including phenoxy) is 1. The molecule has 1 heterocycles. The predicted octanol–water partition coefficient (Wildman–Crippen LogP) is 2.68. The molecule has 4 fully saturated rings. The number of aromatic nitrogens is 4. The molecular formula is C23H38N4O3. The molecule has 1 aromatic rings. The van der Waals surface area contributed by atoms with Crippen molar-refractivity contribution in [1.82, 2.24) is 20.2 Å². The number of aliphatic hydroxyl groups is 2. The smallest absolute Gasteiger partial charge is 0.138 e. The summed E-state index contributed by atoms with van der Waals surface area (Å²) in [5.74, 6) is 4.10. The summed E-state index contributed by atoms with van der Waals surface area (Å²) in [4.78, 5) is 0. The zero-order valence-electron chi connectivity index (χ0n) is 18.5. The van der Waals surface area contributed by atoms with Gasteiger partial charge in [-0.25, -0.2) is 4.68 Å². The highest BCUT2D eigenvalue weighted by atomic mass is 16.5. The van der Waals surface area contributed by atoms with Gasteiger partial charge in [0.05, 0.1) is 24.9 Å². The van der Waals surface area contributed by atoms with Crippen molar-refractivity contribution in [1.29, 1.82) is 0 Å². The molecule has 7 nitrogen and oxygen atoms in total. The Morgan fingerprint density at radius 1 is 1.10 bits per heavy atom. The van der Waals surface area contributed by atoms with Crippen LogP contribution in [0, 0.1) is 40.9 Å². The van der Waals surface area contributed by atoms with E-state index in [1.165, 1.54) is 32.1 Å². The van der Waals surface area contributed by atoms with E-state index in [2.05, 4.69) is 22.4 Å². The average molecular weight is 419 g/mol. The minimum absolute atomic E-state index is 0.229. The van der Waals surface area contributed by atoms with Crippen molar-refractivity contribution in [2.45, 2.75) is 83.0 Å². The zero-order valence-corrected chi connectivity index (χ0v) is 18.5. The lowest BCUT2D eigenvalue weighted by atomic mass is 9.49. The maximum Gasteiger partial charge on any atom is 0.138 e. The van der Waals surface area contributed by atoms with Crippen LogP contribution in [0.5, 0.6) is 0 Å². The summed E-state index contributed by atoms with van der Waals surface area (Å²) in [6, 6.07) is 0. The minimum atomic E-state index is -0.606. The van der Waals surface area contributed by atoms with E-state index in [0.717, 1.165) is 49.4 Å². The molecule has 0 bridgehead atoms. The maximum absolute atomic E-state index is 11.1. The molecule has 7 heteroatoms. The van der Waals surface area contributed by atoms with E-state index in [0.29, 0.717) is 25.0 Å². The molecule has 0 radical (unpaired) electrons. The third-order valence-electron chi connectivity index (χ3n) is 9.82. The van der Waals surface area contributed by atoms with Gasteiger partial charge in [0, 0.05) is 7.11 Å². The van der Waals surface area contributed by atoms with Gasteiger partial charge in [-0.15, -0.1) is 5.10 Å². The molecule has 4 aliphatic rings. The van der Waals surface area contributed by atoms with E-state index in [9.17, 15) is 10.2 Å². The van der Waals surface area contributed by atoms with Crippen molar-refractivity contribution in [2.75, 3.05) is 13.7 Å². The van der Waals surface area contributed by atoms with E-state index >= 15 is 0 Å². The number of hydrogen-bond acceptors (Lipinski definition) is 6. The maximum atomic E-state index is 11.1. The topological polar surface area (TPSA) is 93.3 Å². The number of tetrazole rings is 1. The molecule has 9 atom stereocenters. The van der Waals surface area contributed by atoms with E-state index in [4.69, 9.17) is 4.74 Å². The van der Waals surface area contributed by atoms with E-state index in [1.54, 1.807) is 18.1 Å². The largest absolute Gasteiger partial charge is 0.391 e. The van der Waals surface area contributed by atoms with Crippen molar-refractivity contribution in [3.63, 3.8) is 0 Å². The molecule has 2 N–H and O–H groups in total. The van der Waals surface area contributed by atoms with Crippen LogP contribution in [0.3, 0.4) is 0 Å². The molecule has 0 aromatic carbocycles. The van der Waals surface area contributed by atoms with Gasteiger partial charge in [-0.2, -0.15) is 0 Å². The first kappa shape index (κ1) is 20.8. The Bertz CT molecular complexity index is 730. The molecule has 168 valence electrons. The number of fused-ring (bicyclic) bond motifs is 5. The van der Waals surface area contributed by atoms with Crippen LogP contribution in [0.2, 0.25) is 0 Å². The van der Waals surface area contributed by atoms with Crippen LogP contribution in [0.15, 0.2) is 6.33 Å². The first-order valence-electron chi connectivity index (χ1n) is 12.0. The first-order valence-corrected chi connectivity index (χ1v) is 12.0. The predicted molar refractivity (Wildman–Crippen MR) is 111 cm³/mol. The van der Waals surface area contributed by atoms with Crippen molar-refractivity contribution >= 4 is 0 Å². The van der Waals surface area contributed by atoms with Gasteiger partial charge in [0.1, 0.15) is 6.33 Å². The number of rotatable bonds is 5. The molecule has 0 saturated heterocycles. The number of hydrogen-bond donors (Lipinski definition) is 2. The van der Waals surface area contributed by atoms with Gasteiger partial charge in [0.2, 0.25) is 0 Å². The fraction of sp³-hybridized carbons (Fsp3) is 0.957. The lowest BCUT2D eigenvalue weighted by molar-refractivity contribution is -0.128. The molecule has 4 aliphatic carbocycles. The third kappa shape index (κ3) is 3.41. The number of methoxy groups -OCH3 is 1. The molecule has 1 aromatic heterocycles. The standard InChI is InChI=1S/C23H38N4O3/c1-22-9-7-17-16-8-10-23(29,13-30-2)11-15(16)3-4-18(17)19(22)5-6-20(22)21(28)12-27-14-24-25-26-27/h14-21,28-29H,3-13H2,1-2H3/t15-,16-,17+,18+,19-,20+,21?,22-,23+/m0/s1. The molecule has 1 unspecified atom stereocenters. The van der Waals surface area contributed by atoms with Crippen LogP contribution in [0.25, 0.3) is 0 Å². The van der Waals surface area contributed by atoms with Crippen molar-refractivity contribution < 1.29 is 14.9 Å². The minimum Gasteiger partial charge on any atom is -0.391 e. The lowest BCUT2D eigenvalue weighted by Gasteiger charge is -2.57. The van der Waals surface area contributed by atoms with E-state index in [1.807, 2.05) is 0 Å². The molecule has 0 aliphatic heterocycles. The molecule has 0 amide bonds. The van der Waals surface area contributed by atoms with Gasteiger partial charge in [-0.1, -0.05) is 6.92 Å². The fourth-order valence-corrected chi connectivity index (χ4v) is 8.62. The summed E-state index contributed by atoms with van der Waals surface area (Å²) in [7, 11) is 1.70. The van der Waals surface area contributed by atoms with E-state index < -0.39 is 5.60 Å². The molecular weight excluding hydrogens is 380 g/mol. The number of aliphatic hydroxyl groups excluding tert-OH is 1. The Balaban J connectivity index is 1.28.